The summed E-state index contributed by atoms with van der Waals surface area (Å²) in [5.74, 6) is 0.645. The SMILES string of the molecule is CCCN1CCC(C)(C(=O)C(C)C)CC1. The molecule has 1 aliphatic heterocycles. The summed E-state index contributed by atoms with van der Waals surface area (Å²) in [6, 6.07) is 0. The van der Waals surface area contributed by atoms with Crippen LogP contribution in [-0.4, -0.2) is 30.3 Å². The Morgan fingerprint density at radius 2 is 1.87 bits per heavy atom. The molecule has 1 saturated heterocycles. The number of carbonyl (C=O) groups is 1. The second-order valence-corrected chi connectivity index (χ2v) is 5.42. The Hall–Kier alpha value is -0.370. The van der Waals surface area contributed by atoms with E-state index in [1.807, 2.05) is 13.8 Å². The molecule has 0 unspecified atom stereocenters. The molecular weight excluding hydrogens is 186 g/mol. The molecule has 0 aromatic heterocycles. The zero-order valence-corrected chi connectivity index (χ0v) is 10.7. The van der Waals surface area contributed by atoms with Gasteiger partial charge in [-0.15, -0.1) is 0 Å². The Morgan fingerprint density at radius 3 is 2.27 bits per heavy atom. The van der Waals surface area contributed by atoms with Crippen LogP contribution in [0.1, 0.15) is 47.0 Å². The lowest BCUT2D eigenvalue weighted by molar-refractivity contribution is -0.133. The number of Topliss-reactive ketones (excluding diaryl/α,β-unsaturated/α-hetero) is 1. The average Bonchev–Trinajstić information content (AvgIpc) is 2.21. The summed E-state index contributed by atoms with van der Waals surface area (Å²) >= 11 is 0. The predicted octanol–water partition coefficient (Wildman–Crippen LogP) is 2.72. The van der Waals surface area contributed by atoms with Crippen LogP contribution < -0.4 is 0 Å². The maximum atomic E-state index is 12.1. The summed E-state index contributed by atoms with van der Waals surface area (Å²) in [7, 11) is 0. The molecule has 1 aliphatic rings. The molecule has 0 amide bonds. The number of rotatable bonds is 4. The molecule has 2 heteroatoms. The minimum Gasteiger partial charge on any atom is -0.303 e. The van der Waals surface area contributed by atoms with Gasteiger partial charge in [0.2, 0.25) is 0 Å². The van der Waals surface area contributed by atoms with Crippen molar-refractivity contribution < 1.29 is 4.79 Å². The van der Waals surface area contributed by atoms with Gasteiger partial charge in [0.05, 0.1) is 0 Å². The van der Waals surface area contributed by atoms with Gasteiger partial charge in [-0.3, -0.25) is 4.79 Å². The zero-order chi connectivity index (χ0) is 11.5. The van der Waals surface area contributed by atoms with Crippen molar-refractivity contribution in [2.45, 2.75) is 47.0 Å². The van der Waals surface area contributed by atoms with Crippen molar-refractivity contribution in [2.24, 2.45) is 11.3 Å². The Balaban J connectivity index is 2.51. The summed E-state index contributed by atoms with van der Waals surface area (Å²) in [6.45, 7) is 11.8. The molecule has 0 bridgehead atoms. The number of likely N-dealkylation sites (tertiary alicyclic amines) is 1. The molecule has 88 valence electrons. The first-order valence-electron chi connectivity index (χ1n) is 6.26. The van der Waals surface area contributed by atoms with Crippen LogP contribution in [0.15, 0.2) is 0 Å². The lowest BCUT2D eigenvalue weighted by Gasteiger charge is -2.39. The van der Waals surface area contributed by atoms with Crippen molar-refractivity contribution in [3.05, 3.63) is 0 Å². The molecule has 0 aliphatic carbocycles. The van der Waals surface area contributed by atoms with Gasteiger partial charge in [-0.05, 0) is 38.9 Å². The van der Waals surface area contributed by atoms with E-state index in [0.29, 0.717) is 5.78 Å². The van der Waals surface area contributed by atoms with Crippen LogP contribution in [0.3, 0.4) is 0 Å². The van der Waals surface area contributed by atoms with Gasteiger partial charge in [0.25, 0.3) is 0 Å². The van der Waals surface area contributed by atoms with Crippen LogP contribution in [0, 0.1) is 11.3 Å². The monoisotopic (exact) mass is 211 g/mol. The second-order valence-electron chi connectivity index (χ2n) is 5.42. The van der Waals surface area contributed by atoms with E-state index in [4.69, 9.17) is 0 Å². The lowest BCUT2D eigenvalue weighted by Crippen LogP contribution is -2.44. The van der Waals surface area contributed by atoms with Crippen molar-refractivity contribution in [1.82, 2.24) is 4.90 Å². The molecule has 0 atom stereocenters. The summed E-state index contributed by atoms with van der Waals surface area (Å²) in [5, 5.41) is 0. The van der Waals surface area contributed by atoms with Crippen LogP contribution in [0.4, 0.5) is 0 Å². The molecule has 1 rings (SSSR count). The summed E-state index contributed by atoms with van der Waals surface area (Å²) in [4.78, 5) is 14.5. The van der Waals surface area contributed by atoms with E-state index in [1.165, 1.54) is 13.0 Å². The average molecular weight is 211 g/mol. The van der Waals surface area contributed by atoms with Crippen molar-refractivity contribution >= 4 is 5.78 Å². The summed E-state index contributed by atoms with van der Waals surface area (Å²) in [6.07, 6.45) is 3.31. The van der Waals surface area contributed by atoms with E-state index in [1.54, 1.807) is 0 Å². The van der Waals surface area contributed by atoms with E-state index < -0.39 is 0 Å². The molecule has 2 nitrogen and oxygen atoms in total. The van der Waals surface area contributed by atoms with Crippen LogP contribution in [0.25, 0.3) is 0 Å². The van der Waals surface area contributed by atoms with Gasteiger partial charge in [0.1, 0.15) is 5.78 Å². The van der Waals surface area contributed by atoms with Gasteiger partial charge >= 0.3 is 0 Å². The molecular formula is C13H25NO. The normalized spacial score (nSPS) is 21.9. The maximum absolute atomic E-state index is 12.1. The van der Waals surface area contributed by atoms with Crippen molar-refractivity contribution in [1.29, 1.82) is 0 Å². The third kappa shape index (κ3) is 3.04. The Bertz CT molecular complexity index is 215. The highest BCUT2D eigenvalue weighted by atomic mass is 16.1. The van der Waals surface area contributed by atoms with Gasteiger partial charge < -0.3 is 4.90 Å². The highest BCUT2D eigenvalue weighted by molar-refractivity contribution is 5.86. The van der Waals surface area contributed by atoms with Crippen LogP contribution in [0.2, 0.25) is 0 Å². The minimum atomic E-state index is -0.0432. The van der Waals surface area contributed by atoms with Gasteiger partial charge in [-0.2, -0.15) is 0 Å². The van der Waals surface area contributed by atoms with Crippen LogP contribution in [-0.2, 0) is 4.79 Å². The topological polar surface area (TPSA) is 20.3 Å². The summed E-state index contributed by atoms with van der Waals surface area (Å²) < 4.78 is 0. The molecule has 1 heterocycles. The molecule has 15 heavy (non-hydrogen) atoms. The molecule has 0 spiro atoms. The van der Waals surface area contributed by atoms with E-state index in [9.17, 15) is 4.79 Å². The number of piperidine rings is 1. The molecule has 0 aromatic carbocycles. The molecule has 1 fully saturated rings. The fourth-order valence-corrected chi connectivity index (χ4v) is 2.53. The molecule has 0 radical (unpaired) electrons. The van der Waals surface area contributed by atoms with Gasteiger partial charge in [-0.25, -0.2) is 0 Å². The van der Waals surface area contributed by atoms with E-state index in [0.717, 1.165) is 25.9 Å². The smallest absolute Gasteiger partial charge is 0.141 e. The number of carbonyl (C=O) groups excluding carboxylic acids is 1. The third-order valence-corrected chi connectivity index (χ3v) is 3.62. The number of nitrogens with zero attached hydrogens (tertiary/aromatic N) is 1. The minimum absolute atomic E-state index is 0.0432. The molecule has 0 N–H and O–H groups in total. The van der Waals surface area contributed by atoms with Gasteiger partial charge in [0.15, 0.2) is 0 Å². The fourth-order valence-electron chi connectivity index (χ4n) is 2.53. The zero-order valence-electron chi connectivity index (χ0n) is 10.7. The van der Waals surface area contributed by atoms with Crippen molar-refractivity contribution in [3.63, 3.8) is 0 Å². The van der Waals surface area contributed by atoms with E-state index >= 15 is 0 Å². The molecule has 0 aromatic rings. The van der Waals surface area contributed by atoms with Gasteiger partial charge in [-0.1, -0.05) is 27.7 Å². The van der Waals surface area contributed by atoms with Crippen LogP contribution in [0.5, 0.6) is 0 Å². The first-order valence-corrected chi connectivity index (χ1v) is 6.26. The first-order chi connectivity index (χ1) is 6.99. The Morgan fingerprint density at radius 1 is 1.33 bits per heavy atom. The Labute approximate surface area is 94.0 Å². The highest BCUT2D eigenvalue weighted by Crippen LogP contribution is 2.34. The van der Waals surface area contributed by atoms with Crippen LogP contribution >= 0.6 is 0 Å². The van der Waals surface area contributed by atoms with E-state index in [-0.39, 0.29) is 11.3 Å². The molecule has 0 saturated carbocycles. The number of hydrogen-bond acceptors (Lipinski definition) is 2. The van der Waals surface area contributed by atoms with E-state index in [2.05, 4.69) is 18.7 Å². The number of hydrogen-bond donors (Lipinski definition) is 0. The fraction of sp³-hybridized carbons (Fsp3) is 0.923. The summed E-state index contributed by atoms with van der Waals surface area (Å²) in [5.41, 5.74) is -0.0432. The largest absolute Gasteiger partial charge is 0.303 e. The van der Waals surface area contributed by atoms with Crippen molar-refractivity contribution in [3.8, 4) is 0 Å². The Kier molecular flexibility index (Phi) is 4.32. The predicted molar refractivity (Wildman–Crippen MR) is 63.9 cm³/mol. The standard InChI is InChI=1S/C13H25NO/c1-5-8-14-9-6-13(4,7-10-14)12(15)11(2)3/h11H,5-10H2,1-4H3. The highest BCUT2D eigenvalue weighted by Gasteiger charge is 2.37. The quantitative estimate of drug-likeness (QED) is 0.712. The maximum Gasteiger partial charge on any atom is 0.141 e. The lowest BCUT2D eigenvalue weighted by atomic mass is 9.73. The van der Waals surface area contributed by atoms with Gasteiger partial charge in [0, 0.05) is 11.3 Å². The van der Waals surface area contributed by atoms with Crippen molar-refractivity contribution in [2.75, 3.05) is 19.6 Å². The third-order valence-electron chi connectivity index (χ3n) is 3.62. The second kappa shape index (κ2) is 5.11. The number of ketones is 1. The first kappa shape index (κ1) is 12.7.